The standard InChI is InChI=1S/C22H37N3O4/c1-20(2,3)16-13-23-18(28-16)10-9-17(26)24-15-11-12-25(14-22(15,7)8)19(27)29-21(4,5)6/h13,15H,9-12,14H2,1-8H3,(H,24,26). The Bertz CT molecular complexity index is 725. The van der Waals surface area contributed by atoms with Gasteiger partial charge in [-0.3, -0.25) is 4.79 Å². The van der Waals surface area contributed by atoms with Gasteiger partial charge in [-0.15, -0.1) is 0 Å². The monoisotopic (exact) mass is 407 g/mol. The second-order valence-corrected chi connectivity index (χ2v) is 10.7. The third-order valence-corrected chi connectivity index (χ3v) is 5.07. The molecule has 0 spiro atoms. The Morgan fingerprint density at radius 3 is 2.45 bits per heavy atom. The Kier molecular flexibility index (Phi) is 6.70. The van der Waals surface area contributed by atoms with Crippen LogP contribution in [0.4, 0.5) is 4.79 Å². The van der Waals surface area contributed by atoms with Gasteiger partial charge in [0.25, 0.3) is 0 Å². The van der Waals surface area contributed by atoms with E-state index in [1.54, 1.807) is 11.1 Å². The number of aryl methyl sites for hydroxylation is 1. The van der Waals surface area contributed by atoms with E-state index in [1.807, 2.05) is 20.8 Å². The number of likely N-dealkylation sites (tertiary alicyclic amines) is 1. The number of amides is 2. The highest BCUT2D eigenvalue weighted by atomic mass is 16.6. The average Bonchev–Trinajstić information content (AvgIpc) is 3.02. The van der Waals surface area contributed by atoms with Crippen LogP contribution in [0.3, 0.4) is 0 Å². The third-order valence-electron chi connectivity index (χ3n) is 5.07. The molecule has 7 heteroatoms. The lowest BCUT2D eigenvalue weighted by Gasteiger charge is -2.44. The summed E-state index contributed by atoms with van der Waals surface area (Å²) < 4.78 is 11.2. The molecule has 2 heterocycles. The summed E-state index contributed by atoms with van der Waals surface area (Å²) in [4.78, 5) is 30.9. The van der Waals surface area contributed by atoms with Gasteiger partial charge in [0, 0.05) is 42.8 Å². The number of piperidine rings is 1. The third kappa shape index (κ3) is 6.75. The minimum atomic E-state index is -0.515. The Labute approximate surface area is 174 Å². The molecule has 0 aromatic carbocycles. The van der Waals surface area contributed by atoms with E-state index >= 15 is 0 Å². The van der Waals surface area contributed by atoms with Gasteiger partial charge >= 0.3 is 6.09 Å². The summed E-state index contributed by atoms with van der Waals surface area (Å²) in [5.41, 5.74) is -0.855. The molecule has 1 unspecified atom stereocenters. The number of aromatic nitrogens is 1. The van der Waals surface area contributed by atoms with Crippen molar-refractivity contribution in [3.8, 4) is 0 Å². The Morgan fingerprint density at radius 2 is 1.93 bits per heavy atom. The van der Waals surface area contributed by atoms with E-state index in [4.69, 9.17) is 9.15 Å². The van der Waals surface area contributed by atoms with Crippen molar-refractivity contribution in [2.24, 2.45) is 5.41 Å². The molecule has 2 amide bonds. The molecule has 2 rings (SSSR count). The molecule has 1 aliphatic rings. The molecule has 164 valence electrons. The first-order chi connectivity index (χ1) is 13.2. The van der Waals surface area contributed by atoms with Crippen molar-refractivity contribution in [3.63, 3.8) is 0 Å². The van der Waals surface area contributed by atoms with E-state index < -0.39 is 5.60 Å². The second-order valence-electron chi connectivity index (χ2n) is 10.7. The number of nitrogens with zero attached hydrogens (tertiary/aromatic N) is 2. The van der Waals surface area contributed by atoms with E-state index in [0.29, 0.717) is 38.2 Å². The van der Waals surface area contributed by atoms with E-state index in [1.165, 1.54) is 0 Å². The van der Waals surface area contributed by atoms with E-state index in [-0.39, 0.29) is 28.9 Å². The van der Waals surface area contributed by atoms with Crippen LogP contribution in [0.1, 0.15) is 79.9 Å². The Hall–Kier alpha value is -2.05. The highest BCUT2D eigenvalue weighted by Gasteiger charge is 2.39. The number of hydrogen-bond acceptors (Lipinski definition) is 5. The predicted octanol–water partition coefficient (Wildman–Crippen LogP) is 4.06. The summed E-state index contributed by atoms with van der Waals surface area (Å²) >= 11 is 0. The molecule has 1 fully saturated rings. The number of ether oxygens (including phenoxy) is 1. The number of carbonyl (C=O) groups excluding carboxylic acids is 2. The van der Waals surface area contributed by atoms with Gasteiger partial charge in [0.1, 0.15) is 11.4 Å². The van der Waals surface area contributed by atoms with Crippen molar-refractivity contribution in [3.05, 3.63) is 17.8 Å². The first-order valence-corrected chi connectivity index (χ1v) is 10.4. The lowest BCUT2D eigenvalue weighted by Crippen LogP contribution is -2.57. The van der Waals surface area contributed by atoms with Gasteiger partial charge < -0.3 is 19.4 Å². The molecular formula is C22H37N3O4. The fourth-order valence-corrected chi connectivity index (χ4v) is 3.37. The van der Waals surface area contributed by atoms with Crippen LogP contribution in [0.15, 0.2) is 10.6 Å². The van der Waals surface area contributed by atoms with Gasteiger partial charge in [-0.2, -0.15) is 0 Å². The number of nitrogens with one attached hydrogen (secondary N) is 1. The van der Waals surface area contributed by atoms with E-state index in [2.05, 4.69) is 44.9 Å². The SMILES string of the molecule is CC(C)(C)OC(=O)N1CCC(NC(=O)CCc2ncc(C(C)(C)C)o2)C(C)(C)C1. The number of oxazole rings is 1. The van der Waals surface area contributed by atoms with Crippen LogP contribution in [-0.4, -0.2) is 46.6 Å². The Balaban J connectivity index is 1.86. The molecule has 1 atom stereocenters. The molecule has 0 saturated carbocycles. The molecule has 0 aliphatic carbocycles. The fraction of sp³-hybridized carbons (Fsp3) is 0.773. The Morgan fingerprint density at radius 1 is 1.28 bits per heavy atom. The van der Waals surface area contributed by atoms with Crippen molar-refractivity contribution >= 4 is 12.0 Å². The molecule has 1 N–H and O–H groups in total. The van der Waals surface area contributed by atoms with Crippen molar-refractivity contribution < 1.29 is 18.7 Å². The molecule has 1 aliphatic heterocycles. The van der Waals surface area contributed by atoms with Crippen LogP contribution in [0.2, 0.25) is 0 Å². The maximum absolute atomic E-state index is 12.5. The van der Waals surface area contributed by atoms with Crippen molar-refractivity contribution in [2.45, 2.75) is 91.7 Å². The highest BCUT2D eigenvalue weighted by Crippen LogP contribution is 2.30. The van der Waals surface area contributed by atoms with Crippen molar-refractivity contribution in [1.29, 1.82) is 0 Å². The van der Waals surface area contributed by atoms with Gasteiger partial charge in [-0.05, 0) is 27.2 Å². The molecular weight excluding hydrogens is 370 g/mol. The van der Waals surface area contributed by atoms with E-state index in [0.717, 1.165) is 5.76 Å². The van der Waals surface area contributed by atoms with Gasteiger partial charge in [0.2, 0.25) is 5.91 Å². The zero-order valence-corrected chi connectivity index (χ0v) is 19.2. The first-order valence-electron chi connectivity index (χ1n) is 10.4. The highest BCUT2D eigenvalue weighted by molar-refractivity contribution is 5.76. The van der Waals surface area contributed by atoms with Gasteiger partial charge in [0.05, 0.1) is 6.20 Å². The summed E-state index contributed by atoms with van der Waals surface area (Å²) in [6, 6.07) is 0.00313. The van der Waals surface area contributed by atoms with Gasteiger partial charge in [-0.25, -0.2) is 9.78 Å². The van der Waals surface area contributed by atoms with E-state index in [9.17, 15) is 9.59 Å². The van der Waals surface area contributed by atoms with Crippen LogP contribution in [-0.2, 0) is 21.4 Å². The molecule has 0 radical (unpaired) electrons. The summed E-state index contributed by atoms with van der Waals surface area (Å²) in [6.45, 7) is 17.0. The summed E-state index contributed by atoms with van der Waals surface area (Å²) in [7, 11) is 0. The molecule has 1 saturated heterocycles. The summed E-state index contributed by atoms with van der Waals surface area (Å²) in [5, 5.41) is 3.14. The number of rotatable bonds is 4. The van der Waals surface area contributed by atoms with Crippen molar-refractivity contribution in [2.75, 3.05) is 13.1 Å². The fourth-order valence-electron chi connectivity index (χ4n) is 3.37. The molecule has 1 aromatic rings. The largest absolute Gasteiger partial charge is 0.445 e. The second kappa shape index (κ2) is 8.36. The summed E-state index contributed by atoms with van der Waals surface area (Å²) in [6.07, 6.45) is 2.94. The average molecular weight is 408 g/mol. The smallest absolute Gasteiger partial charge is 0.410 e. The predicted molar refractivity (Wildman–Crippen MR) is 112 cm³/mol. The molecule has 29 heavy (non-hydrogen) atoms. The molecule has 7 nitrogen and oxygen atoms in total. The molecule has 1 aromatic heterocycles. The lowest BCUT2D eigenvalue weighted by atomic mass is 9.79. The van der Waals surface area contributed by atoms with Crippen LogP contribution in [0, 0.1) is 5.41 Å². The maximum atomic E-state index is 12.5. The van der Waals surface area contributed by atoms with Gasteiger partial charge in [-0.1, -0.05) is 34.6 Å². The first kappa shape index (κ1) is 23.2. The van der Waals surface area contributed by atoms with Crippen molar-refractivity contribution in [1.82, 2.24) is 15.2 Å². The van der Waals surface area contributed by atoms with Crippen LogP contribution < -0.4 is 5.32 Å². The normalized spacial score (nSPS) is 19.7. The minimum absolute atomic E-state index is 0.00313. The zero-order valence-electron chi connectivity index (χ0n) is 19.2. The lowest BCUT2D eigenvalue weighted by molar-refractivity contribution is -0.123. The zero-order chi connectivity index (χ0) is 22.0. The maximum Gasteiger partial charge on any atom is 0.410 e. The molecule has 0 bridgehead atoms. The van der Waals surface area contributed by atoms with Gasteiger partial charge in [0.15, 0.2) is 5.89 Å². The van der Waals surface area contributed by atoms with Crippen LogP contribution in [0.25, 0.3) is 0 Å². The van der Waals surface area contributed by atoms with Crippen LogP contribution in [0.5, 0.6) is 0 Å². The minimum Gasteiger partial charge on any atom is -0.445 e. The topological polar surface area (TPSA) is 84.7 Å². The quantitative estimate of drug-likeness (QED) is 0.814. The van der Waals surface area contributed by atoms with Crippen LogP contribution >= 0.6 is 0 Å². The number of carbonyl (C=O) groups is 2. The number of hydrogen-bond donors (Lipinski definition) is 1. The summed E-state index contributed by atoms with van der Waals surface area (Å²) in [5.74, 6) is 1.39.